The van der Waals surface area contributed by atoms with Crippen molar-refractivity contribution in [3.05, 3.63) is 77.0 Å². The van der Waals surface area contributed by atoms with Gasteiger partial charge >= 0.3 is 0 Å². The topological polar surface area (TPSA) is 39.5 Å². The largest absolute Gasteiger partial charge is 0.612 e. The first kappa shape index (κ1) is 15.7. The number of nitrogens with one attached hydrogen (secondary N) is 2. The van der Waals surface area contributed by atoms with Gasteiger partial charge in [-0.15, -0.1) is 0 Å². The van der Waals surface area contributed by atoms with Crippen LogP contribution < -0.4 is 10.6 Å². The molecular formula is C18H24N2O. The Hall–Kier alpha value is -1.68. The second-order valence-electron chi connectivity index (χ2n) is 6.44. The van der Waals surface area contributed by atoms with Gasteiger partial charge in [-0.3, -0.25) is 5.17 Å². The second-order valence-corrected chi connectivity index (χ2v) is 6.44. The van der Waals surface area contributed by atoms with E-state index in [9.17, 15) is 5.21 Å². The number of hydrogen-bond acceptors (Lipinski definition) is 2. The molecule has 3 nitrogen and oxygen atoms in total. The van der Waals surface area contributed by atoms with Gasteiger partial charge in [0.15, 0.2) is 0 Å². The molecule has 0 saturated heterocycles. The molecule has 2 rings (SSSR count). The van der Waals surface area contributed by atoms with Crippen LogP contribution in [0, 0.1) is 5.21 Å². The molecule has 1 unspecified atom stereocenters. The van der Waals surface area contributed by atoms with E-state index in [1.54, 1.807) is 0 Å². The van der Waals surface area contributed by atoms with Crippen LogP contribution in [0.2, 0.25) is 0 Å². The van der Waals surface area contributed by atoms with E-state index in [0.717, 1.165) is 11.1 Å². The van der Waals surface area contributed by atoms with Crippen molar-refractivity contribution < 1.29 is 5.17 Å². The van der Waals surface area contributed by atoms with E-state index < -0.39 is 11.1 Å². The van der Waals surface area contributed by atoms with E-state index in [2.05, 4.69) is 5.43 Å². The maximum absolute atomic E-state index is 12.7. The normalized spacial score (nSPS) is 14.0. The van der Waals surface area contributed by atoms with E-state index in [4.69, 9.17) is 0 Å². The van der Waals surface area contributed by atoms with Gasteiger partial charge in [0.2, 0.25) is 0 Å². The summed E-state index contributed by atoms with van der Waals surface area (Å²) in [4.78, 5) is 0. The van der Waals surface area contributed by atoms with Crippen LogP contribution in [0.3, 0.4) is 0 Å². The molecule has 2 N–H and O–H groups in total. The molecule has 0 radical (unpaired) electrons. The molecule has 0 fully saturated rings. The third kappa shape index (κ3) is 3.50. The maximum atomic E-state index is 12.7. The fraction of sp³-hybridized carbons (Fsp3) is 0.333. The van der Waals surface area contributed by atoms with Crippen LogP contribution in [0.5, 0.6) is 0 Å². The average Bonchev–Trinajstić information content (AvgIpc) is 2.48. The molecular weight excluding hydrogens is 260 g/mol. The Kier molecular flexibility index (Phi) is 4.47. The molecule has 1 atom stereocenters. The Labute approximate surface area is 127 Å². The van der Waals surface area contributed by atoms with Crippen molar-refractivity contribution in [3.63, 3.8) is 0 Å². The Bertz CT molecular complexity index is 564. The van der Waals surface area contributed by atoms with E-state index >= 15 is 0 Å². The molecule has 2 aromatic carbocycles. The Morgan fingerprint density at radius 1 is 0.762 bits per heavy atom. The highest BCUT2D eigenvalue weighted by Crippen LogP contribution is 2.20. The van der Waals surface area contributed by atoms with Gasteiger partial charge in [0.1, 0.15) is 5.54 Å². The van der Waals surface area contributed by atoms with Gasteiger partial charge < -0.3 is 5.21 Å². The fourth-order valence-corrected chi connectivity index (χ4v) is 2.35. The summed E-state index contributed by atoms with van der Waals surface area (Å²) in [6.45, 7) is 7.97. The first-order chi connectivity index (χ1) is 9.84. The summed E-state index contributed by atoms with van der Waals surface area (Å²) in [7, 11) is 0. The lowest BCUT2D eigenvalue weighted by Crippen LogP contribution is -3.21. The summed E-state index contributed by atoms with van der Waals surface area (Å²) in [5.41, 5.74) is 4.33. The van der Waals surface area contributed by atoms with Gasteiger partial charge in [0, 0.05) is 5.56 Å². The fourth-order valence-electron chi connectivity index (χ4n) is 2.35. The predicted octanol–water partition coefficient (Wildman–Crippen LogP) is 2.74. The molecule has 0 amide bonds. The van der Waals surface area contributed by atoms with E-state index in [0.29, 0.717) is 0 Å². The van der Waals surface area contributed by atoms with Gasteiger partial charge in [-0.1, -0.05) is 60.7 Å². The van der Waals surface area contributed by atoms with Crippen LogP contribution in [-0.4, -0.2) is 0 Å². The lowest BCUT2D eigenvalue weighted by atomic mass is 9.93. The first-order valence-electron chi connectivity index (χ1n) is 7.28. The molecule has 0 bridgehead atoms. The zero-order valence-corrected chi connectivity index (χ0v) is 13.2. The van der Waals surface area contributed by atoms with Crippen LogP contribution in [0.25, 0.3) is 0 Å². The van der Waals surface area contributed by atoms with Crippen molar-refractivity contribution >= 4 is 0 Å². The number of hydrogen-bond donors (Lipinski definition) is 2. The standard InChI is InChI=1S/C18H24N2O/c1-17(2,15-11-7-5-8-12-15)19-20(21)18(3,4)16-13-9-6-10-14-16/h5-14,19-20H,1-4H3. The van der Waals surface area contributed by atoms with Crippen molar-refractivity contribution in [3.8, 4) is 0 Å². The van der Waals surface area contributed by atoms with E-state index in [1.807, 2.05) is 88.4 Å². The minimum absolute atomic E-state index is 0.0301. The van der Waals surface area contributed by atoms with Crippen molar-refractivity contribution in [1.29, 1.82) is 0 Å². The molecule has 0 saturated carbocycles. The van der Waals surface area contributed by atoms with Gasteiger partial charge in [-0.05, 0) is 33.3 Å². The summed E-state index contributed by atoms with van der Waals surface area (Å²) < 4.78 is 0. The lowest BCUT2D eigenvalue weighted by molar-refractivity contribution is -0.960. The SMILES string of the molecule is CC(C)(N[NH+]([O-])C(C)(C)c1ccccc1)c1ccccc1. The second kappa shape index (κ2) is 5.98. The zero-order chi connectivity index (χ0) is 15.5. The minimum Gasteiger partial charge on any atom is -0.612 e. The molecule has 0 heterocycles. The molecule has 0 aromatic heterocycles. The quantitative estimate of drug-likeness (QED) is 0.829. The summed E-state index contributed by atoms with van der Waals surface area (Å²) in [6.07, 6.45) is 0. The van der Waals surface area contributed by atoms with Gasteiger partial charge in [0.05, 0.1) is 5.54 Å². The summed E-state index contributed by atoms with van der Waals surface area (Å²) in [5.74, 6) is 0. The first-order valence-corrected chi connectivity index (χ1v) is 7.28. The number of hydroxylamine groups is 1. The summed E-state index contributed by atoms with van der Waals surface area (Å²) >= 11 is 0. The third-order valence-electron chi connectivity index (χ3n) is 3.98. The van der Waals surface area contributed by atoms with Crippen LogP contribution in [0.4, 0.5) is 0 Å². The van der Waals surface area contributed by atoms with Crippen molar-refractivity contribution in [2.45, 2.75) is 38.8 Å². The summed E-state index contributed by atoms with van der Waals surface area (Å²) in [6, 6.07) is 19.9. The molecule has 21 heavy (non-hydrogen) atoms. The van der Waals surface area contributed by atoms with E-state index in [1.165, 1.54) is 0 Å². The molecule has 2 aromatic rings. The minimum atomic E-state index is -0.562. The molecule has 3 heteroatoms. The maximum Gasteiger partial charge on any atom is 0.135 e. The van der Waals surface area contributed by atoms with Gasteiger partial charge in [-0.25, -0.2) is 0 Å². The zero-order valence-electron chi connectivity index (χ0n) is 13.2. The molecule has 112 valence electrons. The predicted molar refractivity (Wildman–Crippen MR) is 86.4 cm³/mol. The number of quaternary nitrogens is 1. The van der Waals surface area contributed by atoms with Gasteiger partial charge in [-0.2, -0.15) is 5.43 Å². The lowest BCUT2D eigenvalue weighted by Gasteiger charge is -2.42. The molecule has 0 aliphatic carbocycles. The van der Waals surface area contributed by atoms with Crippen molar-refractivity contribution in [1.82, 2.24) is 5.43 Å². The van der Waals surface area contributed by atoms with Crippen molar-refractivity contribution in [2.75, 3.05) is 0 Å². The van der Waals surface area contributed by atoms with Crippen LogP contribution in [0.15, 0.2) is 60.7 Å². The number of benzene rings is 2. The third-order valence-corrected chi connectivity index (χ3v) is 3.98. The average molecular weight is 284 g/mol. The summed E-state index contributed by atoms with van der Waals surface area (Å²) in [5, 5.41) is 12.8. The molecule has 0 aliphatic heterocycles. The Balaban J connectivity index is 2.19. The number of rotatable bonds is 5. The van der Waals surface area contributed by atoms with Crippen LogP contribution in [-0.2, 0) is 11.1 Å². The molecule has 0 spiro atoms. The molecule has 0 aliphatic rings. The Morgan fingerprint density at radius 2 is 1.19 bits per heavy atom. The smallest absolute Gasteiger partial charge is 0.135 e. The van der Waals surface area contributed by atoms with Crippen LogP contribution >= 0.6 is 0 Å². The Morgan fingerprint density at radius 3 is 1.67 bits per heavy atom. The highest BCUT2D eigenvalue weighted by atomic mass is 16.5. The van der Waals surface area contributed by atoms with Gasteiger partial charge in [0.25, 0.3) is 0 Å². The monoisotopic (exact) mass is 284 g/mol. The van der Waals surface area contributed by atoms with E-state index in [-0.39, 0.29) is 5.17 Å². The highest BCUT2D eigenvalue weighted by molar-refractivity contribution is 5.22. The highest BCUT2D eigenvalue weighted by Gasteiger charge is 2.32. The van der Waals surface area contributed by atoms with Crippen molar-refractivity contribution in [2.24, 2.45) is 0 Å². The van der Waals surface area contributed by atoms with Crippen LogP contribution in [0.1, 0.15) is 38.8 Å².